The van der Waals surface area contributed by atoms with Crippen molar-refractivity contribution in [2.45, 2.75) is 112 Å². The van der Waals surface area contributed by atoms with Gasteiger partial charge in [-0.05, 0) is 115 Å². The zero-order chi connectivity index (χ0) is 30.8. The standard InChI is InChI=1S/C37H57NO4S/c1-25(2)8-7-9-26(3)31-12-13-32-30-11-10-29-23-28(14-17-36(29,4)33(30)15-18-37(31,32)5)35(39)42-38-19-16-27(22-34(38)43)24-41-21-20-40-6/h10,16,19,22,25-26,28,30-33H,7-9,11-15,17-18,20-21,23-24H2,1-6H3/t26-,28?,30+,31-,32+,33+,36+,37-/m1/s1. The summed E-state index contributed by atoms with van der Waals surface area (Å²) >= 11 is 5.53. The fourth-order valence-electron chi connectivity index (χ4n) is 10.1. The van der Waals surface area contributed by atoms with E-state index >= 15 is 0 Å². The van der Waals surface area contributed by atoms with Gasteiger partial charge in [-0.25, -0.2) is 4.79 Å². The van der Waals surface area contributed by atoms with Crippen LogP contribution in [0.2, 0.25) is 0 Å². The average molecular weight is 612 g/mol. The normalized spacial score (nSPS) is 34.2. The summed E-state index contributed by atoms with van der Waals surface area (Å²) < 4.78 is 12.6. The summed E-state index contributed by atoms with van der Waals surface area (Å²) in [6.45, 7) is 14.0. The number of allylic oxidation sites excluding steroid dienone is 2. The van der Waals surface area contributed by atoms with Crippen molar-refractivity contribution in [3.63, 3.8) is 0 Å². The van der Waals surface area contributed by atoms with E-state index in [1.807, 2.05) is 12.1 Å². The molecule has 4 aliphatic rings. The van der Waals surface area contributed by atoms with Gasteiger partial charge >= 0.3 is 5.97 Å². The highest BCUT2D eigenvalue weighted by molar-refractivity contribution is 7.71. The Hall–Kier alpha value is -1.50. The summed E-state index contributed by atoms with van der Waals surface area (Å²) in [6, 6.07) is 3.74. The van der Waals surface area contributed by atoms with Crippen LogP contribution >= 0.6 is 12.2 Å². The Balaban J connectivity index is 1.20. The molecule has 240 valence electrons. The van der Waals surface area contributed by atoms with Crippen molar-refractivity contribution in [1.29, 1.82) is 0 Å². The molecule has 0 radical (unpaired) electrons. The Morgan fingerprint density at radius 3 is 2.63 bits per heavy atom. The second kappa shape index (κ2) is 13.9. The molecule has 8 atom stereocenters. The molecule has 43 heavy (non-hydrogen) atoms. The van der Waals surface area contributed by atoms with E-state index in [2.05, 4.69) is 40.7 Å². The maximum Gasteiger partial charge on any atom is 0.336 e. The number of nitrogens with zero attached hydrogens (tertiary/aromatic N) is 1. The number of aromatic nitrogens is 1. The summed E-state index contributed by atoms with van der Waals surface area (Å²) in [5.74, 6) is 4.70. The van der Waals surface area contributed by atoms with Gasteiger partial charge in [0.2, 0.25) is 0 Å². The smallest absolute Gasteiger partial charge is 0.336 e. The number of rotatable bonds is 12. The molecule has 3 fully saturated rings. The topological polar surface area (TPSA) is 49.7 Å². The minimum Gasteiger partial charge on any atom is -0.382 e. The second-order valence-corrected chi connectivity index (χ2v) is 15.8. The predicted octanol–water partition coefficient (Wildman–Crippen LogP) is 8.99. The number of carbonyl (C=O) groups excluding carboxylic acids is 1. The summed E-state index contributed by atoms with van der Waals surface area (Å²) in [4.78, 5) is 19.2. The first kappa shape index (κ1) is 32.9. The molecule has 0 saturated heterocycles. The van der Waals surface area contributed by atoms with Gasteiger partial charge in [0.1, 0.15) is 4.64 Å². The highest BCUT2D eigenvalue weighted by Crippen LogP contribution is 2.67. The molecule has 0 bridgehead atoms. The van der Waals surface area contributed by atoms with Gasteiger partial charge in [-0.2, -0.15) is 4.73 Å². The van der Waals surface area contributed by atoms with E-state index in [4.69, 9.17) is 26.5 Å². The molecule has 1 aromatic rings. The van der Waals surface area contributed by atoms with Crippen LogP contribution in [0.1, 0.15) is 111 Å². The average Bonchev–Trinajstić information content (AvgIpc) is 3.33. The second-order valence-electron chi connectivity index (χ2n) is 15.4. The molecular formula is C37H57NO4S. The monoisotopic (exact) mass is 611 g/mol. The number of pyridine rings is 1. The number of ether oxygens (including phenoxy) is 2. The van der Waals surface area contributed by atoms with Crippen LogP contribution in [0, 0.1) is 56.9 Å². The lowest BCUT2D eigenvalue weighted by atomic mass is 9.46. The molecule has 4 aliphatic carbocycles. The molecule has 6 heteroatoms. The van der Waals surface area contributed by atoms with E-state index in [0.717, 1.165) is 60.3 Å². The minimum absolute atomic E-state index is 0.105. The van der Waals surface area contributed by atoms with E-state index in [1.54, 1.807) is 13.3 Å². The molecule has 0 aliphatic heterocycles. The largest absolute Gasteiger partial charge is 0.382 e. The molecule has 1 aromatic heterocycles. The molecular weight excluding hydrogens is 554 g/mol. The van der Waals surface area contributed by atoms with Gasteiger partial charge in [-0.1, -0.05) is 77.7 Å². The fraction of sp³-hybridized carbons (Fsp3) is 0.784. The molecule has 1 heterocycles. The first-order valence-electron chi connectivity index (χ1n) is 17.3. The number of carbonyl (C=O) groups is 1. The summed E-state index contributed by atoms with van der Waals surface area (Å²) in [5, 5.41) is 0. The molecule has 0 spiro atoms. The van der Waals surface area contributed by atoms with Crippen LogP contribution in [-0.2, 0) is 20.9 Å². The van der Waals surface area contributed by atoms with E-state index in [1.165, 1.54) is 61.7 Å². The van der Waals surface area contributed by atoms with Crippen LogP contribution in [0.3, 0.4) is 0 Å². The van der Waals surface area contributed by atoms with Gasteiger partial charge in [0.25, 0.3) is 0 Å². The van der Waals surface area contributed by atoms with Gasteiger partial charge in [0.15, 0.2) is 0 Å². The summed E-state index contributed by atoms with van der Waals surface area (Å²) in [7, 11) is 1.66. The Kier molecular flexibility index (Phi) is 10.6. The lowest BCUT2D eigenvalue weighted by Gasteiger charge is -2.58. The maximum absolute atomic E-state index is 13.4. The fourth-order valence-corrected chi connectivity index (χ4v) is 10.3. The third kappa shape index (κ3) is 6.87. The van der Waals surface area contributed by atoms with Crippen molar-refractivity contribution in [2.75, 3.05) is 20.3 Å². The van der Waals surface area contributed by atoms with Gasteiger partial charge in [0.05, 0.1) is 25.7 Å². The highest BCUT2D eigenvalue weighted by atomic mass is 32.1. The first-order chi connectivity index (χ1) is 20.6. The Morgan fingerprint density at radius 1 is 1.07 bits per heavy atom. The van der Waals surface area contributed by atoms with Crippen molar-refractivity contribution in [2.24, 2.45) is 52.3 Å². The van der Waals surface area contributed by atoms with Crippen LogP contribution < -0.4 is 4.84 Å². The molecule has 0 aromatic carbocycles. The molecule has 1 unspecified atom stereocenters. The SMILES string of the molecule is COCCOCc1ccn(OC(=O)C2CC[C@@]3(C)C(=CC[C@H]4[C@@H]5CC[C@H]([C@H](C)CCCC(C)C)[C@@]5(C)CC[C@@H]43)C2)c(=S)c1. The summed E-state index contributed by atoms with van der Waals surface area (Å²) in [6.07, 6.45) is 18.1. The van der Waals surface area contributed by atoms with Crippen LogP contribution in [0.4, 0.5) is 0 Å². The third-order valence-electron chi connectivity index (χ3n) is 12.5. The van der Waals surface area contributed by atoms with Crippen molar-refractivity contribution < 1.29 is 19.1 Å². The van der Waals surface area contributed by atoms with Gasteiger partial charge in [-0.15, -0.1) is 0 Å². The molecule has 5 nitrogen and oxygen atoms in total. The van der Waals surface area contributed by atoms with E-state index in [9.17, 15) is 4.79 Å². The lowest BCUT2D eigenvalue weighted by Crippen LogP contribution is -2.51. The van der Waals surface area contributed by atoms with Crippen molar-refractivity contribution in [3.05, 3.63) is 40.2 Å². The molecule has 5 rings (SSSR count). The van der Waals surface area contributed by atoms with Crippen LogP contribution in [-0.4, -0.2) is 31.0 Å². The van der Waals surface area contributed by atoms with Crippen LogP contribution in [0.25, 0.3) is 0 Å². The number of fused-ring (bicyclic) bond motifs is 5. The Bertz CT molecular complexity index is 1210. The highest BCUT2D eigenvalue weighted by Gasteiger charge is 2.59. The molecule has 0 N–H and O–H groups in total. The lowest BCUT2D eigenvalue weighted by molar-refractivity contribution is -0.151. The van der Waals surface area contributed by atoms with Crippen LogP contribution in [0.15, 0.2) is 30.0 Å². The van der Waals surface area contributed by atoms with Crippen LogP contribution in [0.5, 0.6) is 0 Å². The van der Waals surface area contributed by atoms with Crippen molar-refractivity contribution >= 4 is 18.2 Å². The van der Waals surface area contributed by atoms with Crippen molar-refractivity contribution in [1.82, 2.24) is 4.73 Å². The molecule has 3 saturated carbocycles. The number of hydrogen-bond acceptors (Lipinski definition) is 5. The van der Waals surface area contributed by atoms with E-state index in [0.29, 0.717) is 29.9 Å². The minimum atomic E-state index is -0.161. The van der Waals surface area contributed by atoms with Gasteiger partial charge < -0.3 is 14.3 Å². The van der Waals surface area contributed by atoms with Gasteiger partial charge in [0, 0.05) is 13.3 Å². The van der Waals surface area contributed by atoms with Gasteiger partial charge in [-0.3, -0.25) is 0 Å². The molecule has 0 amide bonds. The van der Waals surface area contributed by atoms with Crippen molar-refractivity contribution in [3.8, 4) is 0 Å². The first-order valence-corrected chi connectivity index (χ1v) is 17.7. The Labute approximate surface area is 266 Å². The zero-order valence-electron chi connectivity index (χ0n) is 27.7. The van der Waals surface area contributed by atoms with E-state index < -0.39 is 0 Å². The maximum atomic E-state index is 13.4. The number of hydrogen-bond donors (Lipinski definition) is 0. The van der Waals surface area contributed by atoms with E-state index in [-0.39, 0.29) is 17.3 Å². The number of methoxy groups -OCH3 is 1. The predicted molar refractivity (Wildman–Crippen MR) is 175 cm³/mol. The zero-order valence-corrected chi connectivity index (χ0v) is 28.6. The summed E-state index contributed by atoms with van der Waals surface area (Å²) in [5.41, 5.74) is 3.21. The quantitative estimate of drug-likeness (QED) is 0.134. The third-order valence-corrected chi connectivity index (χ3v) is 12.8. The Morgan fingerprint density at radius 2 is 1.88 bits per heavy atom.